The molecule has 10 heteroatoms. The summed E-state index contributed by atoms with van der Waals surface area (Å²) in [7, 11) is 0. The summed E-state index contributed by atoms with van der Waals surface area (Å²) in [5, 5.41) is 7.20. The van der Waals surface area contributed by atoms with Gasteiger partial charge in [0.15, 0.2) is 5.65 Å². The molecule has 0 aliphatic carbocycles. The van der Waals surface area contributed by atoms with Gasteiger partial charge in [-0.25, -0.2) is 14.5 Å². The SMILES string of the molecule is CC(C)(C)C(=O)Nc1cc(-c2cn3nc(-c4cccnc4Cl)ccc3n2)ccc1C(F)(F)F. The summed E-state index contributed by atoms with van der Waals surface area (Å²) in [5.74, 6) is -0.528. The molecule has 0 saturated carbocycles. The van der Waals surface area contributed by atoms with E-state index < -0.39 is 23.1 Å². The summed E-state index contributed by atoms with van der Waals surface area (Å²) in [4.78, 5) is 20.9. The number of hydrogen-bond acceptors (Lipinski definition) is 4. The number of benzene rings is 1. The first-order chi connectivity index (χ1) is 15.4. The molecule has 0 fully saturated rings. The van der Waals surface area contributed by atoms with E-state index >= 15 is 0 Å². The number of hydrogen-bond donors (Lipinski definition) is 1. The van der Waals surface area contributed by atoms with Crippen molar-refractivity contribution in [3.05, 3.63) is 65.6 Å². The van der Waals surface area contributed by atoms with E-state index in [2.05, 4.69) is 20.4 Å². The van der Waals surface area contributed by atoms with Crippen molar-refractivity contribution in [2.75, 3.05) is 5.32 Å². The third-order valence-corrected chi connectivity index (χ3v) is 5.21. The number of halogens is 4. The summed E-state index contributed by atoms with van der Waals surface area (Å²) in [6.07, 6.45) is -1.46. The van der Waals surface area contributed by atoms with Crippen LogP contribution >= 0.6 is 11.6 Å². The summed E-state index contributed by atoms with van der Waals surface area (Å²) >= 11 is 6.15. The second-order valence-corrected chi connectivity index (χ2v) is 8.81. The minimum absolute atomic E-state index is 0.298. The Morgan fingerprint density at radius 3 is 2.48 bits per heavy atom. The van der Waals surface area contributed by atoms with E-state index in [0.717, 1.165) is 6.07 Å². The first-order valence-electron chi connectivity index (χ1n) is 9.94. The molecular formula is C23H19ClF3N5O. The molecule has 0 aliphatic heterocycles. The van der Waals surface area contributed by atoms with Crippen LogP contribution in [-0.2, 0) is 11.0 Å². The predicted octanol–water partition coefficient (Wildman–Crippen LogP) is 6.12. The van der Waals surface area contributed by atoms with Gasteiger partial charge >= 0.3 is 6.18 Å². The van der Waals surface area contributed by atoms with Gasteiger partial charge in [0.1, 0.15) is 5.15 Å². The molecule has 170 valence electrons. The molecule has 1 N–H and O–H groups in total. The van der Waals surface area contributed by atoms with Gasteiger partial charge in [-0.05, 0) is 36.4 Å². The van der Waals surface area contributed by atoms with Crippen LogP contribution in [-0.4, -0.2) is 25.5 Å². The maximum absolute atomic E-state index is 13.5. The summed E-state index contributed by atoms with van der Waals surface area (Å²) in [5.41, 5.74) is 0.375. The largest absolute Gasteiger partial charge is 0.418 e. The molecule has 0 bridgehead atoms. The molecule has 33 heavy (non-hydrogen) atoms. The number of fused-ring (bicyclic) bond motifs is 1. The number of rotatable bonds is 3. The molecule has 4 aromatic rings. The Morgan fingerprint density at radius 2 is 1.82 bits per heavy atom. The number of alkyl halides is 3. The topological polar surface area (TPSA) is 72.2 Å². The van der Waals surface area contributed by atoms with E-state index in [1.807, 2.05) is 0 Å². The summed E-state index contributed by atoms with van der Waals surface area (Å²) < 4.78 is 42.1. The van der Waals surface area contributed by atoms with Gasteiger partial charge in [0.05, 0.1) is 28.8 Å². The first-order valence-corrected chi connectivity index (χ1v) is 10.3. The van der Waals surface area contributed by atoms with Crippen LogP contribution in [0.3, 0.4) is 0 Å². The number of carbonyl (C=O) groups is 1. The zero-order valence-electron chi connectivity index (χ0n) is 17.9. The standard InChI is InChI=1S/C23H19ClF3N5O/c1-22(2,3)21(33)30-17-11-13(6-7-15(17)23(25,26)27)18-12-32-19(29-18)9-8-16(31-32)14-5-4-10-28-20(14)24/h4-12H,1-3H3,(H,30,33). The van der Waals surface area contributed by atoms with Crippen LogP contribution in [0.1, 0.15) is 26.3 Å². The average molecular weight is 474 g/mol. The lowest BCUT2D eigenvalue weighted by Gasteiger charge is -2.20. The highest BCUT2D eigenvalue weighted by Gasteiger charge is 2.35. The Bertz CT molecular complexity index is 1360. The number of pyridine rings is 1. The molecule has 3 aromatic heterocycles. The van der Waals surface area contributed by atoms with Crippen molar-refractivity contribution in [2.24, 2.45) is 5.41 Å². The van der Waals surface area contributed by atoms with Crippen LogP contribution in [0.15, 0.2) is 54.9 Å². The summed E-state index contributed by atoms with van der Waals surface area (Å²) in [6, 6.07) is 10.5. The molecular weight excluding hydrogens is 455 g/mol. The molecule has 1 aromatic carbocycles. The smallest absolute Gasteiger partial charge is 0.325 e. The molecule has 0 saturated heterocycles. The van der Waals surface area contributed by atoms with Crippen LogP contribution in [0.5, 0.6) is 0 Å². The van der Waals surface area contributed by atoms with Gasteiger partial charge in [-0.1, -0.05) is 38.4 Å². The fourth-order valence-corrected chi connectivity index (χ4v) is 3.32. The van der Waals surface area contributed by atoms with Crippen molar-refractivity contribution in [1.82, 2.24) is 19.6 Å². The lowest BCUT2D eigenvalue weighted by atomic mass is 9.95. The summed E-state index contributed by atoms with van der Waals surface area (Å²) in [6.45, 7) is 4.87. The Kier molecular flexibility index (Phi) is 5.61. The molecule has 0 radical (unpaired) electrons. The van der Waals surface area contributed by atoms with Crippen LogP contribution in [0.4, 0.5) is 18.9 Å². The number of aromatic nitrogens is 4. The van der Waals surface area contributed by atoms with Crippen molar-refractivity contribution in [3.63, 3.8) is 0 Å². The van der Waals surface area contributed by atoms with E-state index in [0.29, 0.717) is 33.3 Å². The van der Waals surface area contributed by atoms with Gasteiger partial charge in [0, 0.05) is 22.7 Å². The van der Waals surface area contributed by atoms with Crippen molar-refractivity contribution >= 4 is 28.8 Å². The lowest BCUT2D eigenvalue weighted by Crippen LogP contribution is -2.28. The maximum Gasteiger partial charge on any atom is 0.418 e. The van der Waals surface area contributed by atoms with Gasteiger partial charge in [-0.3, -0.25) is 4.79 Å². The second kappa shape index (κ2) is 8.15. The molecule has 0 aliphatic rings. The van der Waals surface area contributed by atoms with E-state index in [1.165, 1.54) is 16.6 Å². The highest BCUT2D eigenvalue weighted by atomic mass is 35.5. The maximum atomic E-state index is 13.5. The number of nitrogens with one attached hydrogen (secondary N) is 1. The molecule has 1 amide bonds. The van der Waals surface area contributed by atoms with Crippen molar-refractivity contribution in [2.45, 2.75) is 26.9 Å². The molecule has 4 rings (SSSR count). The Labute approximate surface area is 192 Å². The van der Waals surface area contributed by atoms with Gasteiger partial charge in [0.25, 0.3) is 0 Å². The average Bonchev–Trinajstić information content (AvgIpc) is 3.16. The minimum atomic E-state index is -4.63. The van der Waals surface area contributed by atoms with Crippen molar-refractivity contribution in [1.29, 1.82) is 0 Å². The highest BCUT2D eigenvalue weighted by Crippen LogP contribution is 2.38. The van der Waals surface area contributed by atoms with Crippen molar-refractivity contribution < 1.29 is 18.0 Å². The molecule has 3 heterocycles. The minimum Gasteiger partial charge on any atom is -0.325 e. The monoisotopic (exact) mass is 473 g/mol. The van der Waals surface area contributed by atoms with E-state index in [-0.39, 0.29) is 5.69 Å². The van der Waals surface area contributed by atoms with Gasteiger partial charge in [0.2, 0.25) is 5.91 Å². The number of amides is 1. The first kappa shape index (κ1) is 22.7. The Hall–Kier alpha value is -3.46. The zero-order chi connectivity index (χ0) is 24.0. The fourth-order valence-electron chi connectivity index (χ4n) is 3.11. The fraction of sp³-hybridized carbons (Fsp3) is 0.217. The van der Waals surface area contributed by atoms with Crippen LogP contribution in [0.25, 0.3) is 28.2 Å². The Morgan fingerprint density at radius 1 is 1.06 bits per heavy atom. The van der Waals surface area contributed by atoms with Crippen LogP contribution in [0.2, 0.25) is 5.15 Å². The van der Waals surface area contributed by atoms with Gasteiger partial charge in [-0.2, -0.15) is 18.3 Å². The number of nitrogens with zero attached hydrogens (tertiary/aromatic N) is 4. The Balaban J connectivity index is 1.76. The second-order valence-electron chi connectivity index (χ2n) is 8.45. The van der Waals surface area contributed by atoms with Gasteiger partial charge < -0.3 is 5.32 Å². The van der Waals surface area contributed by atoms with Crippen LogP contribution < -0.4 is 5.32 Å². The van der Waals surface area contributed by atoms with Crippen molar-refractivity contribution in [3.8, 4) is 22.5 Å². The zero-order valence-corrected chi connectivity index (χ0v) is 18.7. The number of carbonyl (C=O) groups excluding carboxylic acids is 1. The molecule has 0 atom stereocenters. The van der Waals surface area contributed by atoms with E-state index in [1.54, 1.807) is 57.4 Å². The quantitative estimate of drug-likeness (QED) is 0.364. The number of anilines is 1. The molecule has 6 nitrogen and oxygen atoms in total. The lowest BCUT2D eigenvalue weighted by molar-refractivity contribution is -0.137. The third-order valence-electron chi connectivity index (χ3n) is 4.91. The van der Waals surface area contributed by atoms with Crippen LogP contribution in [0, 0.1) is 5.41 Å². The molecule has 0 unspecified atom stereocenters. The van der Waals surface area contributed by atoms with E-state index in [9.17, 15) is 18.0 Å². The van der Waals surface area contributed by atoms with E-state index in [4.69, 9.17) is 11.6 Å². The number of imidazole rings is 1. The van der Waals surface area contributed by atoms with Gasteiger partial charge in [-0.15, -0.1) is 0 Å². The predicted molar refractivity (Wildman–Crippen MR) is 120 cm³/mol. The third kappa shape index (κ3) is 4.68. The molecule has 0 spiro atoms. The normalized spacial score (nSPS) is 12.2. The highest BCUT2D eigenvalue weighted by molar-refractivity contribution is 6.32.